The van der Waals surface area contributed by atoms with Crippen LogP contribution < -0.4 is 0 Å². The molecule has 1 aromatic carbocycles. The minimum atomic E-state index is 0.477. The SMILES string of the molecule is Clc1ccc(-c2cnnc(Br)n2)cc1. The third kappa shape index (κ3) is 2.08. The van der Waals surface area contributed by atoms with E-state index in [1.165, 1.54) is 0 Å². The lowest BCUT2D eigenvalue weighted by Gasteiger charge is -1.99. The Morgan fingerprint density at radius 2 is 1.86 bits per heavy atom. The fourth-order valence-electron chi connectivity index (χ4n) is 1.04. The summed E-state index contributed by atoms with van der Waals surface area (Å²) < 4.78 is 0.477. The number of rotatable bonds is 1. The fraction of sp³-hybridized carbons (Fsp3) is 0. The van der Waals surface area contributed by atoms with Crippen LogP contribution in [-0.4, -0.2) is 15.2 Å². The van der Waals surface area contributed by atoms with Crippen LogP contribution in [-0.2, 0) is 0 Å². The van der Waals surface area contributed by atoms with Crippen molar-refractivity contribution in [1.82, 2.24) is 15.2 Å². The molecule has 0 unspecified atom stereocenters. The molecule has 0 spiro atoms. The average molecular weight is 271 g/mol. The molecule has 3 nitrogen and oxygen atoms in total. The normalized spacial score (nSPS) is 10.1. The van der Waals surface area contributed by atoms with E-state index in [2.05, 4.69) is 31.1 Å². The smallest absolute Gasteiger partial charge is 0.218 e. The van der Waals surface area contributed by atoms with Crippen molar-refractivity contribution in [3.05, 3.63) is 40.2 Å². The first-order chi connectivity index (χ1) is 6.75. The Labute approximate surface area is 94.3 Å². The first-order valence-corrected chi connectivity index (χ1v) is 5.04. The highest BCUT2D eigenvalue weighted by molar-refractivity contribution is 9.10. The Hall–Kier alpha value is -1.00. The van der Waals surface area contributed by atoms with Crippen molar-refractivity contribution in [3.8, 4) is 11.3 Å². The van der Waals surface area contributed by atoms with E-state index in [0.29, 0.717) is 9.76 Å². The molecule has 0 saturated carbocycles. The monoisotopic (exact) mass is 269 g/mol. The van der Waals surface area contributed by atoms with E-state index in [4.69, 9.17) is 11.6 Å². The van der Waals surface area contributed by atoms with Crippen molar-refractivity contribution in [2.45, 2.75) is 0 Å². The molecule has 2 rings (SSSR count). The fourth-order valence-corrected chi connectivity index (χ4v) is 1.45. The summed E-state index contributed by atoms with van der Waals surface area (Å²) in [6, 6.07) is 7.40. The van der Waals surface area contributed by atoms with Crippen LogP contribution >= 0.6 is 27.5 Å². The van der Waals surface area contributed by atoms with Gasteiger partial charge in [-0.1, -0.05) is 23.7 Å². The summed E-state index contributed by atoms with van der Waals surface area (Å²) in [5.74, 6) is 0. The van der Waals surface area contributed by atoms with Crippen LogP contribution in [0.25, 0.3) is 11.3 Å². The van der Waals surface area contributed by atoms with E-state index in [-0.39, 0.29) is 0 Å². The van der Waals surface area contributed by atoms with Gasteiger partial charge >= 0.3 is 0 Å². The summed E-state index contributed by atoms with van der Waals surface area (Å²) in [7, 11) is 0. The molecular formula is C9H5BrClN3. The van der Waals surface area contributed by atoms with Crippen molar-refractivity contribution in [3.63, 3.8) is 0 Å². The third-order valence-electron chi connectivity index (χ3n) is 1.67. The van der Waals surface area contributed by atoms with E-state index < -0.39 is 0 Å². The van der Waals surface area contributed by atoms with Gasteiger partial charge in [0.15, 0.2) is 0 Å². The molecule has 14 heavy (non-hydrogen) atoms. The number of benzene rings is 1. The van der Waals surface area contributed by atoms with E-state index in [9.17, 15) is 0 Å². The zero-order valence-electron chi connectivity index (χ0n) is 6.98. The summed E-state index contributed by atoms with van der Waals surface area (Å²) in [6.07, 6.45) is 1.61. The van der Waals surface area contributed by atoms with Crippen LogP contribution in [0.3, 0.4) is 0 Å². The number of halogens is 2. The lowest BCUT2D eigenvalue weighted by Crippen LogP contribution is -1.90. The van der Waals surface area contributed by atoms with Crippen LogP contribution in [0.1, 0.15) is 0 Å². The van der Waals surface area contributed by atoms with Crippen LogP contribution in [0, 0.1) is 0 Å². The molecule has 0 saturated heterocycles. The van der Waals surface area contributed by atoms with Gasteiger partial charge in [-0.15, -0.1) is 5.10 Å². The van der Waals surface area contributed by atoms with Gasteiger partial charge in [-0.2, -0.15) is 5.10 Å². The summed E-state index contributed by atoms with van der Waals surface area (Å²) >= 11 is 8.94. The predicted octanol–water partition coefficient (Wildman–Crippen LogP) is 2.95. The second kappa shape index (κ2) is 4.02. The van der Waals surface area contributed by atoms with E-state index in [1.807, 2.05) is 24.3 Å². The summed E-state index contributed by atoms with van der Waals surface area (Å²) in [5, 5.41) is 8.21. The zero-order chi connectivity index (χ0) is 9.97. The van der Waals surface area contributed by atoms with Gasteiger partial charge < -0.3 is 0 Å². The molecule has 2 aromatic rings. The maximum absolute atomic E-state index is 5.77. The maximum Gasteiger partial charge on any atom is 0.218 e. The first-order valence-electron chi connectivity index (χ1n) is 3.87. The molecule has 0 aliphatic heterocycles. The summed E-state index contributed by atoms with van der Waals surface area (Å²) in [6.45, 7) is 0. The van der Waals surface area contributed by atoms with Crippen molar-refractivity contribution < 1.29 is 0 Å². The molecule has 0 aliphatic rings. The number of hydrogen-bond acceptors (Lipinski definition) is 3. The highest BCUT2D eigenvalue weighted by Crippen LogP contribution is 2.19. The van der Waals surface area contributed by atoms with Gasteiger partial charge in [0.2, 0.25) is 4.73 Å². The molecule has 70 valence electrons. The number of aromatic nitrogens is 3. The third-order valence-corrected chi connectivity index (χ3v) is 2.26. The first kappa shape index (κ1) is 9.55. The van der Waals surface area contributed by atoms with E-state index in [1.54, 1.807) is 6.20 Å². The van der Waals surface area contributed by atoms with Crippen molar-refractivity contribution in [2.24, 2.45) is 0 Å². The van der Waals surface area contributed by atoms with Gasteiger partial charge in [-0.25, -0.2) is 4.98 Å². The highest BCUT2D eigenvalue weighted by Gasteiger charge is 2.00. The molecule has 0 radical (unpaired) electrons. The Morgan fingerprint density at radius 1 is 1.14 bits per heavy atom. The standard InChI is InChI=1S/C9H5BrClN3/c10-9-13-8(5-12-14-9)6-1-3-7(11)4-2-6/h1-5H. The Bertz CT molecular complexity index is 444. The number of hydrogen-bond donors (Lipinski definition) is 0. The topological polar surface area (TPSA) is 38.7 Å². The van der Waals surface area contributed by atoms with Gasteiger partial charge in [0.25, 0.3) is 0 Å². The van der Waals surface area contributed by atoms with Crippen molar-refractivity contribution in [2.75, 3.05) is 0 Å². The molecule has 1 heterocycles. The minimum Gasteiger partial charge on any atom is -0.219 e. The largest absolute Gasteiger partial charge is 0.219 e. The lowest BCUT2D eigenvalue weighted by molar-refractivity contribution is 0.939. The molecule has 0 aliphatic carbocycles. The van der Waals surface area contributed by atoms with E-state index in [0.717, 1.165) is 11.3 Å². The highest BCUT2D eigenvalue weighted by atomic mass is 79.9. The molecule has 0 fully saturated rings. The zero-order valence-corrected chi connectivity index (χ0v) is 9.33. The molecule has 0 amide bonds. The van der Waals surface area contributed by atoms with Crippen LogP contribution in [0.15, 0.2) is 35.2 Å². The van der Waals surface area contributed by atoms with Gasteiger partial charge in [0.05, 0.1) is 11.9 Å². The second-order valence-corrected chi connectivity index (χ2v) is 3.76. The number of nitrogens with zero attached hydrogens (tertiary/aromatic N) is 3. The van der Waals surface area contributed by atoms with Crippen molar-refractivity contribution >= 4 is 27.5 Å². The quantitative estimate of drug-likeness (QED) is 0.800. The molecule has 0 N–H and O–H groups in total. The molecule has 1 aromatic heterocycles. The molecule has 0 bridgehead atoms. The van der Waals surface area contributed by atoms with Crippen molar-refractivity contribution in [1.29, 1.82) is 0 Å². The summed E-state index contributed by atoms with van der Waals surface area (Å²) in [5.41, 5.74) is 1.73. The predicted molar refractivity (Wildman–Crippen MR) is 58.0 cm³/mol. The average Bonchev–Trinajstić information content (AvgIpc) is 2.19. The van der Waals surface area contributed by atoms with Gasteiger partial charge in [-0.05, 0) is 28.1 Å². The Morgan fingerprint density at radius 3 is 2.50 bits per heavy atom. The minimum absolute atomic E-state index is 0.477. The maximum atomic E-state index is 5.77. The van der Waals surface area contributed by atoms with E-state index >= 15 is 0 Å². The summed E-state index contributed by atoms with van der Waals surface area (Å²) in [4.78, 5) is 4.17. The Balaban J connectivity index is 2.44. The van der Waals surface area contributed by atoms with Gasteiger partial charge in [0.1, 0.15) is 0 Å². The second-order valence-electron chi connectivity index (χ2n) is 2.62. The van der Waals surface area contributed by atoms with Crippen LogP contribution in [0.2, 0.25) is 5.02 Å². The van der Waals surface area contributed by atoms with Crippen LogP contribution in [0.4, 0.5) is 0 Å². The van der Waals surface area contributed by atoms with Gasteiger partial charge in [-0.3, -0.25) is 0 Å². The lowest BCUT2D eigenvalue weighted by atomic mass is 10.2. The van der Waals surface area contributed by atoms with Crippen LogP contribution in [0.5, 0.6) is 0 Å². The molecule has 5 heteroatoms. The molecular weight excluding hydrogens is 265 g/mol. The van der Waals surface area contributed by atoms with Gasteiger partial charge in [0, 0.05) is 10.6 Å². The Kier molecular flexibility index (Phi) is 2.74. The molecule has 0 atom stereocenters.